The summed E-state index contributed by atoms with van der Waals surface area (Å²) in [6, 6.07) is -0.753. The van der Waals surface area contributed by atoms with Gasteiger partial charge in [0, 0.05) is 19.0 Å². The van der Waals surface area contributed by atoms with Gasteiger partial charge < -0.3 is 20.5 Å². The van der Waals surface area contributed by atoms with Crippen molar-refractivity contribution < 1.29 is 28.2 Å². The number of carbonyl (C=O) groups excluding carboxylic acids is 1. The third-order valence-electron chi connectivity index (χ3n) is 1.94. The highest BCUT2D eigenvalue weighted by molar-refractivity contribution is 5.74. The van der Waals surface area contributed by atoms with Crippen LogP contribution in [0.4, 0.5) is 13.6 Å². The number of carboxylic acid groups (broad SMARTS) is 1. The van der Waals surface area contributed by atoms with Crippen molar-refractivity contribution in [3.05, 3.63) is 0 Å². The molecular formula is C10H18F2N2O4. The molecule has 0 bridgehead atoms. The predicted octanol–water partition coefficient (Wildman–Crippen LogP) is 0.821. The van der Waals surface area contributed by atoms with Crippen LogP contribution >= 0.6 is 0 Å². The maximum atomic E-state index is 11.7. The summed E-state index contributed by atoms with van der Waals surface area (Å²) < 4.78 is 27.9. The monoisotopic (exact) mass is 268 g/mol. The number of alkyl halides is 2. The van der Waals surface area contributed by atoms with Gasteiger partial charge in [-0.05, 0) is 13.3 Å². The lowest BCUT2D eigenvalue weighted by Gasteiger charge is -2.13. The molecule has 0 aromatic heterocycles. The predicted molar refractivity (Wildman–Crippen MR) is 59.7 cm³/mol. The van der Waals surface area contributed by atoms with Gasteiger partial charge in [-0.25, -0.2) is 13.6 Å². The lowest BCUT2D eigenvalue weighted by atomic mass is 10.2. The van der Waals surface area contributed by atoms with Gasteiger partial charge in [0.25, 0.3) is 6.43 Å². The van der Waals surface area contributed by atoms with Crippen LogP contribution < -0.4 is 10.6 Å². The van der Waals surface area contributed by atoms with Crippen LogP contribution in [-0.2, 0) is 9.53 Å². The van der Waals surface area contributed by atoms with Crippen LogP contribution in [0.3, 0.4) is 0 Å². The average molecular weight is 268 g/mol. The van der Waals surface area contributed by atoms with E-state index in [0.29, 0.717) is 6.42 Å². The largest absolute Gasteiger partial charge is 0.481 e. The fourth-order valence-corrected chi connectivity index (χ4v) is 1.10. The Labute approximate surface area is 104 Å². The number of carbonyl (C=O) groups is 2. The summed E-state index contributed by atoms with van der Waals surface area (Å²) in [6.45, 7) is 1.14. The van der Waals surface area contributed by atoms with Crippen molar-refractivity contribution in [3.8, 4) is 0 Å². The van der Waals surface area contributed by atoms with Crippen molar-refractivity contribution in [1.82, 2.24) is 10.6 Å². The van der Waals surface area contributed by atoms with Crippen molar-refractivity contribution >= 4 is 12.0 Å². The van der Waals surface area contributed by atoms with E-state index in [0.717, 1.165) is 0 Å². The average Bonchev–Trinajstić information content (AvgIpc) is 2.25. The highest BCUT2D eigenvalue weighted by atomic mass is 19.3. The summed E-state index contributed by atoms with van der Waals surface area (Å²) in [5, 5.41) is 13.4. The Morgan fingerprint density at radius 1 is 1.39 bits per heavy atom. The molecule has 2 amide bonds. The second-order valence-electron chi connectivity index (χ2n) is 3.70. The Morgan fingerprint density at radius 2 is 2.06 bits per heavy atom. The molecule has 3 N–H and O–H groups in total. The molecule has 1 unspecified atom stereocenters. The summed E-state index contributed by atoms with van der Waals surface area (Å²) in [5.74, 6) is -0.926. The zero-order valence-corrected chi connectivity index (χ0v) is 10.1. The molecule has 0 heterocycles. The van der Waals surface area contributed by atoms with Crippen LogP contribution in [0, 0.1) is 0 Å². The summed E-state index contributed by atoms with van der Waals surface area (Å²) in [4.78, 5) is 21.5. The molecule has 0 aliphatic carbocycles. The van der Waals surface area contributed by atoms with E-state index in [1.165, 1.54) is 0 Å². The minimum absolute atomic E-state index is 0.00126. The van der Waals surface area contributed by atoms with E-state index in [9.17, 15) is 18.4 Å². The van der Waals surface area contributed by atoms with Gasteiger partial charge in [-0.15, -0.1) is 0 Å². The molecule has 0 rings (SSSR count). The Bertz CT molecular complexity index is 264. The normalized spacial score (nSPS) is 12.2. The second kappa shape index (κ2) is 9.58. The zero-order valence-electron chi connectivity index (χ0n) is 10.1. The van der Waals surface area contributed by atoms with Crippen molar-refractivity contribution in [3.63, 3.8) is 0 Å². The minimum atomic E-state index is -2.52. The molecular weight excluding hydrogens is 250 g/mol. The number of hydrogen-bond donors (Lipinski definition) is 3. The molecule has 1 atom stereocenters. The van der Waals surface area contributed by atoms with E-state index in [1.54, 1.807) is 6.92 Å². The highest BCUT2D eigenvalue weighted by Crippen LogP contribution is 1.95. The standard InChI is InChI=1S/C10H18F2N2O4/c1-7(2-3-9(15)16)14-10(17)13-4-5-18-6-8(11)12/h7-8H,2-6H2,1H3,(H,15,16)(H2,13,14,17). The zero-order chi connectivity index (χ0) is 14.0. The van der Waals surface area contributed by atoms with Gasteiger partial charge in [-0.1, -0.05) is 0 Å². The molecule has 0 aromatic rings. The topological polar surface area (TPSA) is 87.7 Å². The van der Waals surface area contributed by atoms with Crippen LogP contribution in [-0.4, -0.2) is 49.3 Å². The molecule has 0 spiro atoms. The Kier molecular flexibility index (Phi) is 8.81. The van der Waals surface area contributed by atoms with Crippen LogP contribution in [0.2, 0.25) is 0 Å². The van der Waals surface area contributed by atoms with Gasteiger partial charge in [-0.2, -0.15) is 0 Å². The molecule has 0 aliphatic heterocycles. The summed E-state index contributed by atoms with van der Waals surface area (Å²) in [5.41, 5.74) is 0. The van der Waals surface area contributed by atoms with Crippen molar-refractivity contribution in [2.24, 2.45) is 0 Å². The molecule has 106 valence electrons. The SMILES string of the molecule is CC(CCC(=O)O)NC(=O)NCCOCC(F)F. The van der Waals surface area contributed by atoms with E-state index >= 15 is 0 Å². The fraction of sp³-hybridized carbons (Fsp3) is 0.800. The summed E-state index contributed by atoms with van der Waals surface area (Å²) >= 11 is 0. The van der Waals surface area contributed by atoms with Crippen LogP contribution in [0.25, 0.3) is 0 Å². The molecule has 8 heteroatoms. The van der Waals surface area contributed by atoms with E-state index in [-0.39, 0.29) is 25.6 Å². The third kappa shape index (κ3) is 11.1. The minimum Gasteiger partial charge on any atom is -0.481 e. The summed E-state index contributed by atoms with van der Waals surface area (Å²) in [6.07, 6.45) is -2.22. The van der Waals surface area contributed by atoms with Crippen molar-refractivity contribution in [2.45, 2.75) is 32.2 Å². The first-order chi connectivity index (χ1) is 8.41. The molecule has 0 aromatic carbocycles. The highest BCUT2D eigenvalue weighted by Gasteiger charge is 2.08. The quantitative estimate of drug-likeness (QED) is 0.540. The molecule has 0 radical (unpaired) electrons. The molecule has 6 nitrogen and oxygen atoms in total. The maximum absolute atomic E-state index is 11.7. The Balaban J connectivity index is 3.49. The number of urea groups is 1. The van der Waals surface area contributed by atoms with E-state index < -0.39 is 25.0 Å². The second-order valence-corrected chi connectivity index (χ2v) is 3.70. The lowest BCUT2D eigenvalue weighted by Crippen LogP contribution is -2.42. The number of hydrogen-bond acceptors (Lipinski definition) is 3. The molecule has 0 saturated heterocycles. The number of ether oxygens (including phenoxy) is 1. The number of carboxylic acids is 1. The number of halogens is 2. The third-order valence-corrected chi connectivity index (χ3v) is 1.94. The van der Waals surface area contributed by atoms with Gasteiger partial charge >= 0.3 is 12.0 Å². The Morgan fingerprint density at radius 3 is 2.61 bits per heavy atom. The van der Waals surface area contributed by atoms with Gasteiger partial charge in [-0.3, -0.25) is 4.79 Å². The Hall–Kier alpha value is -1.44. The first-order valence-electron chi connectivity index (χ1n) is 5.54. The first kappa shape index (κ1) is 16.6. The van der Waals surface area contributed by atoms with Crippen molar-refractivity contribution in [2.75, 3.05) is 19.8 Å². The lowest BCUT2D eigenvalue weighted by molar-refractivity contribution is -0.137. The smallest absolute Gasteiger partial charge is 0.315 e. The molecule has 0 saturated carbocycles. The number of aliphatic carboxylic acids is 1. The van der Waals surface area contributed by atoms with E-state index in [2.05, 4.69) is 15.4 Å². The maximum Gasteiger partial charge on any atom is 0.315 e. The van der Waals surface area contributed by atoms with Crippen LogP contribution in [0.1, 0.15) is 19.8 Å². The number of nitrogens with one attached hydrogen (secondary N) is 2. The first-order valence-corrected chi connectivity index (χ1v) is 5.54. The molecule has 0 aliphatic rings. The van der Waals surface area contributed by atoms with Crippen LogP contribution in [0.5, 0.6) is 0 Å². The molecule has 18 heavy (non-hydrogen) atoms. The van der Waals surface area contributed by atoms with E-state index in [4.69, 9.17) is 5.11 Å². The van der Waals surface area contributed by atoms with Gasteiger partial charge in [0.05, 0.1) is 6.61 Å². The summed E-state index contributed by atoms with van der Waals surface area (Å²) in [7, 11) is 0. The van der Waals surface area contributed by atoms with Gasteiger partial charge in [0.15, 0.2) is 0 Å². The number of rotatable bonds is 9. The van der Waals surface area contributed by atoms with Crippen molar-refractivity contribution in [1.29, 1.82) is 0 Å². The molecule has 0 fully saturated rings. The van der Waals surface area contributed by atoms with Crippen LogP contribution in [0.15, 0.2) is 0 Å². The van der Waals surface area contributed by atoms with Gasteiger partial charge in [0.2, 0.25) is 0 Å². The fourth-order valence-electron chi connectivity index (χ4n) is 1.10. The number of amides is 2. The van der Waals surface area contributed by atoms with E-state index in [1.807, 2.05) is 0 Å². The van der Waals surface area contributed by atoms with Gasteiger partial charge in [0.1, 0.15) is 6.61 Å².